The quantitative estimate of drug-likeness (QED) is 0.833. The van der Waals surface area contributed by atoms with Gasteiger partial charge in [-0.25, -0.2) is 0 Å². The first-order chi connectivity index (χ1) is 11.4. The predicted octanol–water partition coefficient (Wildman–Crippen LogP) is 4.44. The summed E-state index contributed by atoms with van der Waals surface area (Å²) in [5, 5.41) is 3.21. The Bertz CT molecular complexity index is 725. The van der Waals surface area contributed by atoms with Crippen LogP contribution < -0.4 is 14.8 Å². The van der Waals surface area contributed by atoms with Crippen LogP contribution in [-0.2, 0) is 0 Å². The maximum absolute atomic E-state index is 12.6. The minimum absolute atomic E-state index is 0.0476. The number of halogens is 3. The van der Waals surface area contributed by atoms with Crippen LogP contribution in [0.4, 0.5) is 8.78 Å². The second-order valence-corrected chi connectivity index (χ2v) is 5.34. The zero-order valence-corrected chi connectivity index (χ0v) is 13.8. The van der Waals surface area contributed by atoms with E-state index in [1.54, 1.807) is 31.2 Å². The van der Waals surface area contributed by atoms with Crippen LogP contribution in [0.1, 0.15) is 28.9 Å². The van der Waals surface area contributed by atoms with Crippen molar-refractivity contribution in [2.24, 2.45) is 0 Å². The number of ether oxygens (including phenoxy) is 2. The molecular formula is C17H16ClF2NO3. The fraction of sp³-hybridized carbons (Fsp3) is 0.235. The van der Waals surface area contributed by atoms with Gasteiger partial charge in [-0.3, -0.25) is 4.79 Å². The average molecular weight is 356 g/mol. The number of rotatable bonds is 6. The van der Waals surface area contributed by atoms with E-state index in [1.807, 2.05) is 0 Å². The molecule has 0 aliphatic carbocycles. The van der Waals surface area contributed by atoms with Crippen molar-refractivity contribution in [2.75, 3.05) is 7.11 Å². The summed E-state index contributed by atoms with van der Waals surface area (Å²) in [7, 11) is 1.31. The number of amides is 1. The Balaban J connectivity index is 2.28. The van der Waals surface area contributed by atoms with Crippen LogP contribution in [0.2, 0.25) is 5.02 Å². The fourth-order valence-electron chi connectivity index (χ4n) is 2.24. The monoisotopic (exact) mass is 355 g/mol. The summed E-state index contributed by atoms with van der Waals surface area (Å²) < 4.78 is 34.7. The van der Waals surface area contributed by atoms with Crippen LogP contribution in [0.5, 0.6) is 11.5 Å². The molecule has 4 nitrogen and oxygen atoms in total. The second-order valence-electron chi connectivity index (χ2n) is 4.93. The van der Waals surface area contributed by atoms with Crippen LogP contribution in [0, 0.1) is 0 Å². The molecule has 0 radical (unpaired) electrons. The zero-order chi connectivity index (χ0) is 17.7. The lowest BCUT2D eigenvalue weighted by Gasteiger charge is -2.18. The minimum Gasteiger partial charge on any atom is -0.493 e. The molecule has 24 heavy (non-hydrogen) atoms. The minimum atomic E-state index is -3.08. The molecule has 0 saturated heterocycles. The van der Waals surface area contributed by atoms with Gasteiger partial charge in [0.2, 0.25) is 0 Å². The molecule has 0 bridgehead atoms. The van der Waals surface area contributed by atoms with Crippen molar-refractivity contribution in [3.63, 3.8) is 0 Å². The maximum atomic E-state index is 12.6. The molecule has 0 spiro atoms. The highest BCUT2D eigenvalue weighted by Gasteiger charge is 2.22. The van der Waals surface area contributed by atoms with Crippen molar-refractivity contribution >= 4 is 17.5 Å². The van der Waals surface area contributed by atoms with E-state index >= 15 is 0 Å². The Labute approximate surface area is 143 Å². The molecule has 0 saturated carbocycles. The summed E-state index contributed by atoms with van der Waals surface area (Å²) in [5.41, 5.74) is 0.667. The van der Waals surface area contributed by atoms with Gasteiger partial charge in [-0.05, 0) is 30.7 Å². The van der Waals surface area contributed by atoms with Gasteiger partial charge in [0, 0.05) is 5.02 Å². The summed E-state index contributed by atoms with van der Waals surface area (Å²) >= 11 is 6.10. The lowest BCUT2D eigenvalue weighted by Crippen LogP contribution is -2.27. The number of benzene rings is 2. The van der Waals surface area contributed by atoms with Gasteiger partial charge >= 0.3 is 6.61 Å². The maximum Gasteiger partial charge on any atom is 0.387 e. The molecular weight excluding hydrogens is 340 g/mol. The molecule has 1 amide bonds. The summed E-state index contributed by atoms with van der Waals surface area (Å²) in [6.07, 6.45) is 0. The Kier molecular flexibility index (Phi) is 5.98. The zero-order valence-electron chi connectivity index (χ0n) is 13.1. The summed E-state index contributed by atoms with van der Waals surface area (Å²) in [6.45, 7) is -1.33. The van der Waals surface area contributed by atoms with Crippen LogP contribution in [0.25, 0.3) is 0 Å². The summed E-state index contributed by atoms with van der Waals surface area (Å²) in [4.78, 5) is 12.5. The van der Waals surface area contributed by atoms with Crippen LogP contribution in [0.15, 0.2) is 42.5 Å². The predicted molar refractivity (Wildman–Crippen MR) is 87.0 cm³/mol. The lowest BCUT2D eigenvalue weighted by molar-refractivity contribution is -0.0515. The fourth-order valence-corrected chi connectivity index (χ4v) is 2.54. The molecule has 2 rings (SSSR count). The van der Waals surface area contributed by atoms with E-state index in [9.17, 15) is 13.6 Å². The van der Waals surface area contributed by atoms with Crippen molar-refractivity contribution in [1.82, 2.24) is 5.32 Å². The van der Waals surface area contributed by atoms with Crippen molar-refractivity contribution in [3.05, 3.63) is 58.6 Å². The molecule has 0 aliphatic heterocycles. The average Bonchev–Trinajstić information content (AvgIpc) is 2.54. The van der Waals surface area contributed by atoms with Gasteiger partial charge in [-0.15, -0.1) is 0 Å². The van der Waals surface area contributed by atoms with E-state index in [4.69, 9.17) is 16.3 Å². The SMILES string of the molecule is COc1cccc(C(=O)NC(C)c2ccccc2Cl)c1OC(F)F. The molecule has 2 aromatic carbocycles. The molecule has 1 atom stereocenters. The first kappa shape index (κ1) is 18.0. The largest absolute Gasteiger partial charge is 0.493 e. The Morgan fingerprint density at radius 1 is 1.17 bits per heavy atom. The highest BCUT2D eigenvalue weighted by molar-refractivity contribution is 6.31. The number of nitrogens with one attached hydrogen (secondary N) is 1. The van der Waals surface area contributed by atoms with Crippen LogP contribution in [0.3, 0.4) is 0 Å². The van der Waals surface area contributed by atoms with E-state index < -0.39 is 18.6 Å². The lowest BCUT2D eigenvalue weighted by atomic mass is 10.1. The molecule has 128 valence electrons. The number of alkyl halides is 2. The van der Waals surface area contributed by atoms with Gasteiger partial charge in [0.05, 0.1) is 18.7 Å². The van der Waals surface area contributed by atoms with E-state index in [0.29, 0.717) is 10.6 Å². The van der Waals surface area contributed by atoms with Crippen molar-refractivity contribution in [3.8, 4) is 11.5 Å². The van der Waals surface area contributed by atoms with Gasteiger partial charge in [-0.1, -0.05) is 35.9 Å². The highest BCUT2D eigenvalue weighted by Crippen LogP contribution is 2.33. The third-order valence-electron chi connectivity index (χ3n) is 3.37. The molecule has 0 heterocycles. The first-order valence-electron chi connectivity index (χ1n) is 7.11. The number of methoxy groups -OCH3 is 1. The Morgan fingerprint density at radius 2 is 1.88 bits per heavy atom. The molecule has 7 heteroatoms. The number of hydrogen-bond acceptors (Lipinski definition) is 3. The van der Waals surface area contributed by atoms with E-state index in [-0.39, 0.29) is 17.1 Å². The Hall–Kier alpha value is -2.34. The molecule has 1 unspecified atom stereocenters. The van der Waals surface area contributed by atoms with E-state index in [0.717, 1.165) is 0 Å². The normalized spacial score (nSPS) is 11.9. The number of para-hydroxylation sites is 1. The number of carbonyl (C=O) groups excluding carboxylic acids is 1. The molecule has 0 aliphatic rings. The molecule has 1 N–H and O–H groups in total. The Morgan fingerprint density at radius 3 is 2.50 bits per heavy atom. The second kappa shape index (κ2) is 7.97. The summed E-state index contributed by atoms with van der Waals surface area (Å²) in [6, 6.07) is 11.0. The van der Waals surface area contributed by atoms with Gasteiger partial charge in [0.15, 0.2) is 11.5 Å². The van der Waals surface area contributed by atoms with Crippen LogP contribution in [-0.4, -0.2) is 19.6 Å². The third kappa shape index (κ3) is 4.14. The molecule has 0 fully saturated rings. The first-order valence-corrected chi connectivity index (χ1v) is 7.49. The van der Waals surface area contributed by atoms with E-state index in [1.165, 1.54) is 25.3 Å². The summed E-state index contributed by atoms with van der Waals surface area (Å²) in [5.74, 6) is -0.829. The van der Waals surface area contributed by atoms with Gasteiger partial charge in [0.1, 0.15) is 0 Å². The number of carbonyl (C=O) groups is 1. The molecule has 2 aromatic rings. The highest BCUT2D eigenvalue weighted by atomic mass is 35.5. The third-order valence-corrected chi connectivity index (χ3v) is 3.71. The van der Waals surface area contributed by atoms with Gasteiger partial charge < -0.3 is 14.8 Å². The van der Waals surface area contributed by atoms with Crippen molar-refractivity contribution in [1.29, 1.82) is 0 Å². The van der Waals surface area contributed by atoms with Crippen molar-refractivity contribution < 1.29 is 23.0 Å². The van der Waals surface area contributed by atoms with Gasteiger partial charge in [-0.2, -0.15) is 8.78 Å². The number of hydrogen-bond donors (Lipinski definition) is 1. The molecule has 0 aromatic heterocycles. The smallest absolute Gasteiger partial charge is 0.387 e. The van der Waals surface area contributed by atoms with Gasteiger partial charge in [0.25, 0.3) is 5.91 Å². The topological polar surface area (TPSA) is 47.6 Å². The van der Waals surface area contributed by atoms with E-state index in [2.05, 4.69) is 10.1 Å². The van der Waals surface area contributed by atoms with Crippen molar-refractivity contribution in [2.45, 2.75) is 19.6 Å². The van der Waals surface area contributed by atoms with Crippen LogP contribution >= 0.6 is 11.6 Å². The standard InChI is InChI=1S/C17H16ClF2NO3/c1-10(11-6-3-4-8-13(11)18)21-16(22)12-7-5-9-14(23-2)15(12)24-17(19)20/h3-10,17H,1-2H3,(H,21,22).